The molecule has 1 amide bonds. The number of furan rings is 1. The molecule has 0 radical (unpaired) electrons. The summed E-state index contributed by atoms with van der Waals surface area (Å²) < 4.78 is 27.6. The Morgan fingerprint density at radius 2 is 1.95 bits per heavy atom. The highest BCUT2D eigenvalue weighted by Gasteiger charge is 2.32. The molecule has 1 aromatic heterocycles. The van der Waals surface area contributed by atoms with E-state index in [2.05, 4.69) is 29.8 Å². The Morgan fingerprint density at radius 1 is 1.42 bits per heavy atom. The van der Waals surface area contributed by atoms with Gasteiger partial charge in [-0.25, -0.2) is 8.42 Å². The minimum Gasteiger partial charge on any atom is -0.443 e. The van der Waals surface area contributed by atoms with Crippen molar-refractivity contribution in [2.24, 2.45) is 11.8 Å². The average molecular weight is 371 g/mol. The highest BCUT2D eigenvalue weighted by molar-refractivity contribution is 9.10. The fourth-order valence-corrected chi connectivity index (χ4v) is 4.11. The third kappa shape index (κ3) is 2.98. The normalized spacial score (nSPS) is 23.9. The van der Waals surface area contributed by atoms with E-state index < -0.39 is 9.05 Å². The molecule has 2 unspecified atom stereocenters. The van der Waals surface area contributed by atoms with Gasteiger partial charge in [-0.15, -0.1) is 0 Å². The Morgan fingerprint density at radius 3 is 2.37 bits per heavy atom. The molecule has 0 saturated carbocycles. The fraction of sp³-hybridized carbons (Fsp3) is 0.545. The molecule has 2 atom stereocenters. The van der Waals surface area contributed by atoms with Crippen molar-refractivity contribution in [3.05, 3.63) is 16.5 Å². The van der Waals surface area contributed by atoms with E-state index in [-0.39, 0.29) is 21.2 Å². The standard InChI is InChI=1S/C11H13BrClNO4S/c1-6-4-14(5-7(6)2)11(15)8-3-9(10(12)18-8)19(13,16)17/h3,6-7H,4-5H2,1-2H3. The summed E-state index contributed by atoms with van der Waals surface area (Å²) in [7, 11) is 1.31. The van der Waals surface area contributed by atoms with Gasteiger partial charge in [-0.3, -0.25) is 4.79 Å². The van der Waals surface area contributed by atoms with Gasteiger partial charge in [-0.2, -0.15) is 0 Å². The molecule has 1 aliphatic rings. The SMILES string of the molecule is CC1CN(C(=O)c2cc(S(=O)(=O)Cl)c(Br)o2)CC1C. The van der Waals surface area contributed by atoms with Gasteiger partial charge in [0.05, 0.1) is 0 Å². The molecular weight excluding hydrogens is 358 g/mol. The number of carbonyl (C=O) groups is 1. The van der Waals surface area contributed by atoms with E-state index in [0.717, 1.165) is 6.07 Å². The highest BCUT2D eigenvalue weighted by Crippen LogP contribution is 2.31. The van der Waals surface area contributed by atoms with Crippen molar-refractivity contribution in [1.82, 2.24) is 4.90 Å². The molecule has 0 spiro atoms. The molecule has 5 nitrogen and oxygen atoms in total. The van der Waals surface area contributed by atoms with Crippen LogP contribution in [-0.2, 0) is 9.05 Å². The van der Waals surface area contributed by atoms with Gasteiger partial charge in [-0.05, 0) is 27.8 Å². The number of amides is 1. The van der Waals surface area contributed by atoms with Crippen molar-refractivity contribution in [3.63, 3.8) is 0 Å². The smallest absolute Gasteiger partial charge is 0.289 e. The number of nitrogens with zero attached hydrogens (tertiary/aromatic N) is 1. The maximum Gasteiger partial charge on any atom is 0.289 e. The van der Waals surface area contributed by atoms with Crippen LogP contribution in [-0.4, -0.2) is 32.3 Å². The van der Waals surface area contributed by atoms with Crippen molar-refractivity contribution in [3.8, 4) is 0 Å². The average Bonchev–Trinajstić information content (AvgIpc) is 2.82. The predicted octanol–water partition coefficient (Wildman–Crippen LogP) is 2.70. The Labute approximate surface area is 124 Å². The summed E-state index contributed by atoms with van der Waals surface area (Å²) in [4.78, 5) is 13.6. The summed E-state index contributed by atoms with van der Waals surface area (Å²) >= 11 is 2.95. The fourth-order valence-electron chi connectivity index (χ4n) is 2.08. The summed E-state index contributed by atoms with van der Waals surface area (Å²) in [5, 5.41) is 0. The lowest BCUT2D eigenvalue weighted by Gasteiger charge is -2.13. The number of halogens is 2. The summed E-state index contributed by atoms with van der Waals surface area (Å²) in [6, 6.07) is 1.16. The van der Waals surface area contributed by atoms with Crippen LogP contribution >= 0.6 is 26.6 Å². The van der Waals surface area contributed by atoms with E-state index in [1.165, 1.54) is 0 Å². The first-order valence-corrected chi connectivity index (χ1v) is 8.83. The van der Waals surface area contributed by atoms with Crippen molar-refractivity contribution < 1.29 is 17.6 Å². The van der Waals surface area contributed by atoms with Gasteiger partial charge in [-0.1, -0.05) is 13.8 Å². The van der Waals surface area contributed by atoms with Crippen LogP contribution in [0.5, 0.6) is 0 Å². The summed E-state index contributed by atoms with van der Waals surface area (Å²) in [5.41, 5.74) is 0. The molecule has 1 saturated heterocycles. The lowest BCUT2D eigenvalue weighted by atomic mass is 10.0. The zero-order chi connectivity index (χ0) is 14.4. The second-order valence-corrected chi connectivity index (χ2v) is 8.11. The molecule has 0 aliphatic carbocycles. The molecule has 19 heavy (non-hydrogen) atoms. The zero-order valence-corrected chi connectivity index (χ0v) is 13.5. The summed E-state index contributed by atoms with van der Waals surface area (Å²) in [6.45, 7) is 5.43. The maximum atomic E-state index is 12.2. The van der Waals surface area contributed by atoms with Gasteiger partial charge in [0.2, 0.25) is 0 Å². The van der Waals surface area contributed by atoms with Gasteiger partial charge in [0.1, 0.15) is 4.90 Å². The van der Waals surface area contributed by atoms with Gasteiger partial charge in [0, 0.05) is 29.8 Å². The molecule has 8 heteroatoms. The molecule has 106 valence electrons. The second kappa shape index (κ2) is 5.10. The highest BCUT2D eigenvalue weighted by atomic mass is 79.9. The summed E-state index contributed by atoms with van der Waals surface area (Å²) in [5.74, 6) is 0.494. The van der Waals surface area contributed by atoms with Crippen LogP contribution in [0.4, 0.5) is 0 Å². The van der Waals surface area contributed by atoms with Crippen LogP contribution in [0.2, 0.25) is 0 Å². The maximum absolute atomic E-state index is 12.2. The van der Waals surface area contributed by atoms with E-state index in [9.17, 15) is 13.2 Å². The van der Waals surface area contributed by atoms with Gasteiger partial charge >= 0.3 is 0 Å². The van der Waals surface area contributed by atoms with E-state index in [0.29, 0.717) is 24.9 Å². The lowest BCUT2D eigenvalue weighted by molar-refractivity contribution is 0.0752. The Balaban J connectivity index is 2.27. The molecule has 1 fully saturated rings. The monoisotopic (exact) mass is 369 g/mol. The molecule has 2 rings (SSSR count). The van der Waals surface area contributed by atoms with Crippen molar-refractivity contribution in [2.45, 2.75) is 18.7 Å². The van der Waals surface area contributed by atoms with E-state index >= 15 is 0 Å². The first-order valence-electron chi connectivity index (χ1n) is 5.73. The molecular formula is C11H13BrClNO4S. The van der Waals surface area contributed by atoms with Crippen LogP contribution in [0.25, 0.3) is 0 Å². The topological polar surface area (TPSA) is 67.6 Å². The van der Waals surface area contributed by atoms with Crippen molar-refractivity contribution >= 4 is 41.6 Å². The van der Waals surface area contributed by atoms with Gasteiger partial charge in [0.15, 0.2) is 10.4 Å². The zero-order valence-electron chi connectivity index (χ0n) is 10.4. The minimum absolute atomic E-state index is 0.0209. The van der Waals surface area contributed by atoms with Crippen LogP contribution in [0.15, 0.2) is 20.0 Å². The number of carbonyl (C=O) groups excluding carboxylic acids is 1. The second-order valence-electron chi connectivity index (χ2n) is 4.85. The Bertz CT molecular complexity index is 602. The van der Waals surface area contributed by atoms with E-state index in [1.807, 2.05) is 0 Å². The molecule has 2 heterocycles. The first kappa shape index (κ1) is 14.9. The molecule has 0 bridgehead atoms. The largest absolute Gasteiger partial charge is 0.443 e. The Kier molecular flexibility index (Phi) is 3.99. The third-order valence-electron chi connectivity index (χ3n) is 3.40. The Hall–Kier alpha value is -0.530. The number of rotatable bonds is 2. The van der Waals surface area contributed by atoms with Crippen LogP contribution < -0.4 is 0 Å². The first-order chi connectivity index (χ1) is 8.70. The van der Waals surface area contributed by atoms with E-state index in [1.54, 1.807) is 4.90 Å². The van der Waals surface area contributed by atoms with Gasteiger partial charge < -0.3 is 9.32 Å². The lowest BCUT2D eigenvalue weighted by Crippen LogP contribution is -2.28. The minimum atomic E-state index is -3.93. The molecule has 0 N–H and O–H groups in total. The van der Waals surface area contributed by atoms with Crippen LogP contribution in [0.1, 0.15) is 24.4 Å². The molecule has 1 aliphatic heterocycles. The molecule has 0 aromatic carbocycles. The van der Waals surface area contributed by atoms with Crippen molar-refractivity contribution in [1.29, 1.82) is 0 Å². The number of hydrogen-bond acceptors (Lipinski definition) is 4. The molecule has 1 aromatic rings. The number of hydrogen-bond donors (Lipinski definition) is 0. The van der Waals surface area contributed by atoms with Crippen LogP contribution in [0.3, 0.4) is 0 Å². The van der Waals surface area contributed by atoms with Crippen molar-refractivity contribution in [2.75, 3.05) is 13.1 Å². The van der Waals surface area contributed by atoms with Crippen LogP contribution in [0, 0.1) is 11.8 Å². The number of likely N-dealkylation sites (tertiary alicyclic amines) is 1. The van der Waals surface area contributed by atoms with E-state index in [4.69, 9.17) is 15.1 Å². The predicted molar refractivity (Wildman–Crippen MR) is 73.7 cm³/mol. The quantitative estimate of drug-likeness (QED) is 0.751. The van der Waals surface area contributed by atoms with Gasteiger partial charge in [0.25, 0.3) is 15.0 Å². The summed E-state index contributed by atoms with van der Waals surface area (Å²) in [6.07, 6.45) is 0. The third-order valence-corrected chi connectivity index (χ3v) is 5.58.